The van der Waals surface area contributed by atoms with Gasteiger partial charge in [0.05, 0.1) is 18.2 Å². The van der Waals surface area contributed by atoms with Gasteiger partial charge in [-0.15, -0.1) is 0 Å². The minimum Gasteiger partial charge on any atom is -0.465 e. The number of carbonyl (C=O) groups excluding carboxylic acids is 1. The van der Waals surface area contributed by atoms with Crippen molar-refractivity contribution in [2.24, 2.45) is 0 Å². The van der Waals surface area contributed by atoms with Crippen molar-refractivity contribution in [3.63, 3.8) is 0 Å². The maximum atomic E-state index is 13.1. The molecule has 2 rings (SSSR count). The van der Waals surface area contributed by atoms with Crippen molar-refractivity contribution in [3.05, 3.63) is 41.0 Å². The molecule has 102 valence electrons. The second kappa shape index (κ2) is 5.07. The van der Waals surface area contributed by atoms with Gasteiger partial charge in [-0.05, 0) is 42.5 Å². The Morgan fingerprint density at radius 3 is 2.58 bits per heavy atom. The average molecular weight is 270 g/mol. The molecule has 1 aliphatic rings. The molecule has 0 saturated heterocycles. The highest BCUT2D eigenvalue weighted by Crippen LogP contribution is 2.38. The molecular weight excluding hydrogens is 257 g/mol. The molecule has 0 radical (unpaired) electrons. The fourth-order valence-corrected chi connectivity index (χ4v) is 2.22. The van der Waals surface area contributed by atoms with Crippen LogP contribution in [0.5, 0.6) is 0 Å². The molecule has 0 unspecified atom stereocenters. The van der Waals surface area contributed by atoms with Gasteiger partial charge in [-0.25, -0.2) is 4.79 Å². The molecule has 0 heterocycles. The van der Waals surface area contributed by atoms with Gasteiger partial charge in [0.1, 0.15) is 0 Å². The molecule has 1 aromatic carbocycles. The van der Waals surface area contributed by atoms with Crippen molar-refractivity contribution in [2.75, 3.05) is 7.11 Å². The van der Waals surface area contributed by atoms with Crippen molar-refractivity contribution < 1.29 is 22.7 Å². The molecule has 0 spiro atoms. The van der Waals surface area contributed by atoms with Gasteiger partial charge in [0.2, 0.25) is 0 Å². The summed E-state index contributed by atoms with van der Waals surface area (Å²) in [5.41, 5.74) is 0.00196. The van der Waals surface area contributed by atoms with Gasteiger partial charge in [-0.2, -0.15) is 13.2 Å². The number of ether oxygens (including phenoxy) is 1. The third-order valence-corrected chi connectivity index (χ3v) is 3.13. The van der Waals surface area contributed by atoms with E-state index in [4.69, 9.17) is 0 Å². The van der Waals surface area contributed by atoms with Crippen LogP contribution in [0.1, 0.15) is 40.7 Å². The third kappa shape index (κ3) is 2.80. The lowest BCUT2D eigenvalue weighted by Crippen LogP contribution is -2.11. The van der Waals surface area contributed by atoms with E-state index in [-0.39, 0.29) is 11.1 Å². The minimum absolute atomic E-state index is 0.0860. The Hall–Kier alpha value is -1.78. The zero-order chi connectivity index (χ0) is 14.0. The summed E-state index contributed by atoms with van der Waals surface area (Å²) in [6.07, 6.45) is -0.359. The van der Waals surface area contributed by atoms with E-state index in [0.29, 0.717) is 12.0 Å². The number of hydrogen-bond donors (Lipinski definition) is 0. The second-order valence-corrected chi connectivity index (χ2v) is 4.37. The summed E-state index contributed by atoms with van der Waals surface area (Å²) in [5.74, 6) is -0.766. The monoisotopic (exact) mass is 270 g/mol. The molecule has 1 aromatic rings. The van der Waals surface area contributed by atoms with Gasteiger partial charge >= 0.3 is 12.1 Å². The zero-order valence-electron chi connectivity index (χ0n) is 10.4. The van der Waals surface area contributed by atoms with Gasteiger partial charge in [0.25, 0.3) is 0 Å². The molecule has 0 aromatic heterocycles. The number of rotatable bonds is 2. The van der Waals surface area contributed by atoms with E-state index in [9.17, 15) is 18.0 Å². The van der Waals surface area contributed by atoms with Crippen LogP contribution in [0, 0.1) is 0 Å². The number of allylic oxidation sites excluding steroid dienone is 2. The summed E-state index contributed by atoms with van der Waals surface area (Å²) in [6.45, 7) is 0. The first-order chi connectivity index (χ1) is 8.93. The lowest BCUT2D eigenvalue weighted by molar-refractivity contribution is -0.137. The molecule has 0 aliphatic heterocycles. The lowest BCUT2D eigenvalue weighted by Gasteiger charge is -2.15. The van der Waals surface area contributed by atoms with Crippen LogP contribution in [-0.4, -0.2) is 13.1 Å². The van der Waals surface area contributed by atoms with Gasteiger partial charge in [-0.1, -0.05) is 12.1 Å². The highest BCUT2D eigenvalue weighted by molar-refractivity contribution is 5.90. The summed E-state index contributed by atoms with van der Waals surface area (Å²) < 4.78 is 43.7. The molecule has 1 aliphatic carbocycles. The van der Waals surface area contributed by atoms with Gasteiger partial charge in [0.15, 0.2) is 0 Å². The first kappa shape index (κ1) is 13.6. The van der Waals surface area contributed by atoms with Crippen molar-refractivity contribution in [2.45, 2.75) is 25.4 Å². The minimum atomic E-state index is -4.48. The third-order valence-electron chi connectivity index (χ3n) is 3.13. The van der Waals surface area contributed by atoms with Gasteiger partial charge < -0.3 is 4.74 Å². The van der Waals surface area contributed by atoms with Crippen molar-refractivity contribution in [1.82, 2.24) is 0 Å². The largest absolute Gasteiger partial charge is 0.465 e. The van der Waals surface area contributed by atoms with Crippen LogP contribution in [0.2, 0.25) is 0 Å². The van der Waals surface area contributed by atoms with Crippen molar-refractivity contribution in [1.29, 1.82) is 0 Å². The molecule has 0 fully saturated rings. The first-order valence-electron chi connectivity index (χ1n) is 5.92. The number of carbonyl (C=O) groups is 1. The summed E-state index contributed by atoms with van der Waals surface area (Å²) in [4.78, 5) is 11.3. The highest BCUT2D eigenvalue weighted by atomic mass is 19.4. The van der Waals surface area contributed by atoms with E-state index in [1.807, 2.05) is 6.08 Å². The molecule has 0 saturated carbocycles. The highest BCUT2D eigenvalue weighted by Gasteiger charge is 2.35. The number of benzene rings is 1. The Labute approximate surface area is 108 Å². The average Bonchev–Trinajstić information content (AvgIpc) is 2.90. The Bertz CT molecular complexity index is 530. The van der Waals surface area contributed by atoms with E-state index in [1.54, 1.807) is 0 Å². The van der Waals surface area contributed by atoms with E-state index in [2.05, 4.69) is 4.74 Å². The van der Waals surface area contributed by atoms with E-state index in [0.717, 1.165) is 26.0 Å². The standard InChI is InChI=1S/C14H13F3O2/c1-19-13(18)10-6-7-11(9-4-2-3-5-9)12(8-10)14(15,16)17/h4,6-8H,2-3,5H2,1H3. The molecule has 0 N–H and O–H groups in total. The van der Waals surface area contributed by atoms with Crippen LogP contribution >= 0.6 is 0 Å². The smallest absolute Gasteiger partial charge is 0.417 e. The maximum absolute atomic E-state index is 13.1. The number of esters is 1. The van der Waals surface area contributed by atoms with Crippen LogP contribution in [-0.2, 0) is 10.9 Å². The Balaban J connectivity index is 2.52. The fraction of sp³-hybridized carbons (Fsp3) is 0.357. The van der Waals surface area contributed by atoms with E-state index < -0.39 is 17.7 Å². The van der Waals surface area contributed by atoms with Crippen LogP contribution < -0.4 is 0 Å². The van der Waals surface area contributed by atoms with E-state index in [1.165, 1.54) is 12.1 Å². The molecule has 19 heavy (non-hydrogen) atoms. The quantitative estimate of drug-likeness (QED) is 0.757. The second-order valence-electron chi connectivity index (χ2n) is 4.37. The van der Waals surface area contributed by atoms with Gasteiger partial charge in [-0.3, -0.25) is 0 Å². The summed E-state index contributed by atoms with van der Waals surface area (Å²) in [6, 6.07) is 3.59. The summed E-state index contributed by atoms with van der Waals surface area (Å²) in [7, 11) is 1.14. The predicted molar refractivity (Wildman–Crippen MR) is 64.6 cm³/mol. The fourth-order valence-electron chi connectivity index (χ4n) is 2.22. The summed E-state index contributed by atoms with van der Waals surface area (Å²) >= 11 is 0. The molecule has 0 bridgehead atoms. The maximum Gasteiger partial charge on any atom is 0.417 e. The number of halogens is 3. The molecule has 0 atom stereocenters. The summed E-state index contributed by atoms with van der Waals surface area (Å²) in [5, 5.41) is 0. The number of methoxy groups -OCH3 is 1. The molecule has 5 heteroatoms. The molecule has 0 amide bonds. The van der Waals surface area contributed by atoms with Crippen LogP contribution in [0.25, 0.3) is 5.57 Å². The van der Waals surface area contributed by atoms with Crippen LogP contribution in [0.15, 0.2) is 24.3 Å². The Morgan fingerprint density at radius 1 is 1.32 bits per heavy atom. The number of hydrogen-bond acceptors (Lipinski definition) is 2. The Morgan fingerprint density at radius 2 is 2.05 bits per heavy atom. The van der Waals surface area contributed by atoms with Crippen LogP contribution in [0.4, 0.5) is 13.2 Å². The van der Waals surface area contributed by atoms with E-state index >= 15 is 0 Å². The van der Waals surface area contributed by atoms with Crippen molar-refractivity contribution in [3.8, 4) is 0 Å². The van der Waals surface area contributed by atoms with Crippen LogP contribution in [0.3, 0.4) is 0 Å². The molecular formula is C14H13F3O2. The Kier molecular flexibility index (Phi) is 3.64. The number of alkyl halides is 3. The predicted octanol–water partition coefficient (Wildman–Crippen LogP) is 4.06. The topological polar surface area (TPSA) is 26.3 Å². The molecule has 2 nitrogen and oxygen atoms in total. The SMILES string of the molecule is COC(=O)c1ccc(C2=CCCC2)c(C(F)(F)F)c1. The lowest BCUT2D eigenvalue weighted by atomic mass is 9.96. The first-order valence-corrected chi connectivity index (χ1v) is 5.92. The zero-order valence-corrected chi connectivity index (χ0v) is 10.4. The van der Waals surface area contributed by atoms with Crippen molar-refractivity contribution >= 4 is 11.5 Å². The van der Waals surface area contributed by atoms with Gasteiger partial charge in [0, 0.05) is 0 Å². The normalized spacial score (nSPS) is 15.3.